The van der Waals surface area contributed by atoms with Gasteiger partial charge in [0.25, 0.3) is 0 Å². The monoisotopic (exact) mass is 367 g/mol. The molecule has 0 aliphatic heterocycles. The second-order valence-corrected chi connectivity index (χ2v) is 7.43. The number of rotatable bonds is 6. The third kappa shape index (κ3) is 4.29. The number of nitrogens with zero attached hydrogens (tertiary/aromatic N) is 4. The Labute approximate surface area is 157 Å². The van der Waals surface area contributed by atoms with Crippen LogP contribution in [0.3, 0.4) is 0 Å². The Morgan fingerprint density at radius 1 is 1.19 bits per heavy atom. The maximum atomic E-state index is 12.4. The van der Waals surface area contributed by atoms with Gasteiger partial charge in [-0.2, -0.15) is 4.68 Å². The van der Waals surface area contributed by atoms with Crippen LogP contribution >= 0.6 is 11.8 Å². The van der Waals surface area contributed by atoms with Crippen LogP contribution in [-0.2, 0) is 11.3 Å². The molecule has 0 unspecified atom stereocenters. The summed E-state index contributed by atoms with van der Waals surface area (Å²) in [5.41, 5.74) is 4.20. The van der Waals surface area contributed by atoms with Gasteiger partial charge in [-0.05, 0) is 54.0 Å². The van der Waals surface area contributed by atoms with Crippen LogP contribution in [0, 0.1) is 13.8 Å². The average Bonchev–Trinajstić information content (AvgIpc) is 3.10. The molecule has 1 atom stereocenters. The van der Waals surface area contributed by atoms with Gasteiger partial charge in [0.15, 0.2) is 0 Å². The van der Waals surface area contributed by atoms with Crippen molar-refractivity contribution in [1.29, 1.82) is 0 Å². The third-order valence-corrected chi connectivity index (χ3v) is 5.03. The van der Waals surface area contributed by atoms with Gasteiger partial charge in [0.1, 0.15) is 0 Å². The van der Waals surface area contributed by atoms with Crippen molar-refractivity contribution in [2.75, 3.05) is 0 Å². The number of amides is 1. The topological polar surface area (TPSA) is 72.7 Å². The fraction of sp³-hybridized carbons (Fsp3) is 0.263. The number of hydrogen-bond donors (Lipinski definition) is 1. The van der Waals surface area contributed by atoms with Crippen molar-refractivity contribution < 1.29 is 4.79 Å². The first-order valence-corrected chi connectivity index (χ1v) is 9.27. The highest BCUT2D eigenvalue weighted by atomic mass is 32.2. The molecule has 3 rings (SSSR count). The predicted molar refractivity (Wildman–Crippen MR) is 102 cm³/mol. The Balaban J connectivity index is 1.68. The summed E-state index contributed by atoms with van der Waals surface area (Å²) in [7, 11) is 0. The molecule has 7 heteroatoms. The molecule has 1 N–H and O–H groups in total. The van der Waals surface area contributed by atoms with E-state index < -0.39 is 0 Å². The fourth-order valence-electron chi connectivity index (χ4n) is 2.49. The van der Waals surface area contributed by atoms with Gasteiger partial charge in [-0.1, -0.05) is 54.2 Å². The number of thioether (sulfide) groups is 1. The van der Waals surface area contributed by atoms with Crippen LogP contribution < -0.4 is 5.32 Å². The first-order valence-electron chi connectivity index (χ1n) is 8.39. The molecular formula is C19H21N5OS. The minimum Gasteiger partial charge on any atom is -0.351 e. The van der Waals surface area contributed by atoms with E-state index in [0.29, 0.717) is 11.7 Å². The number of aryl methyl sites for hydroxylation is 2. The van der Waals surface area contributed by atoms with Crippen molar-refractivity contribution in [1.82, 2.24) is 25.5 Å². The lowest BCUT2D eigenvalue weighted by atomic mass is 10.1. The van der Waals surface area contributed by atoms with Gasteiger partial charge < -0.3 is 5.32 Å². The molecule has 0 bridgehead atoms. The van der Waals surface area contributed by atoms with Crippen molar-refractivity contribution >= 4 is 17.7 Å². The van der Waals surface area contributed by atoms with Crippen molar-refractivity contribution in [2.24, 2.45) is 0 Å². The summed E-state index contributed by atoms with van der Waals surface area (Å²) in [5.74, 6) is -0.0469. The zero-order valence-electron chi connectivity index (χ0n) is 15.0. The van der Waals surface area contributed by atoms with Crippen LogP contribution in [0.5, 0.6) is 0 Å². The molecule has 0 aliphatic carbocycles. The maximum absolute atomic E-state index is 12.4. The number of carbonyl (C=O) groups excluding carboxylic acids is 1. The van der Waals surface area contributed by atoms with E-state index in [1.807, 2.05) is 63.2 Å². The molecule has 0 radical (unpaired) electrons. The smallest absolute Gasteiger partial charge is 0.233 e. The Bertz CT molecular complexity index is 894. The van der Waals surface area contributed by atoms with Crippen LogP contribution in [0.1, 0.15) is 23.6 Å². The fourth-order valence-corrected chi connectivity index (χ4v) is 3.32. The second-order valence-electron chi connectivity index (χ2n) is 6.13. The quantitative estimate of drug-likeness (QED) is 0.678. The SMILES string of the molecule is Cc1ccc(C)c(-n2nnnc2S[C@@H](C)C(=O)NCc2ccccc2)c1. The molecule has 134 valence electrons. The number of aromatic nitrogens is 4. The van der Waals surface area contributed by atoms with E-state index in [1.54, 1.807) is 4.68 Å². The summed E-state index contributed by atoms with van der Waals surface area (Å²) in [6.45, 7) is 6.40. The van der Waals surface area contributed by atoms with E-state index >= 15 is 0 Å². The number of benzene rings is 2. The second kappa shape index (κ2) is 8.14. The number of carbonyl (C=O) groups is 1. The Morgan fingerprint density at radius 2 is 1.96 bits per heavy atom. The lowest BCUT2D eigenvalue weighted by Gasteiger charge is -2.13. The lowest BCUT2D eigenvalue weighted by molar-refractivity contribution is -0.120. The molecule has 0 spiro atoms. The van der Waals surface area contributed by atoms with E-state index in [4.69, 9.17) is 0 Å². The zero-order chi connectivity index (χ0) is 18.5. The minimum atomic E-state index is -0.312. The van der Waals surface area contributed by atoms with E-state index in [1.165, 1.54) is 11.8 Å². The van der Waals surface area contributed by atoms with Crippen molar-refractivity contribution in [2.45, 2.75) is 37.7 Å². The Kier molecular flexibility index (Phi) is 5.68. The number of tetrazole rings is 1. The van der Waals surface area contributed by atoms with E-state index in [2.05, 4.69) is 26.9 Å². The lowest BCUT2D eigenvalue weighted by Crippen LogP contribution is -2.30. The largest absolute Gasteiger partial charge is 0.351 e. The summed E-state index contributed by atoms with van der Waals surface area (Å²) in [6.07, 6.45) is 0. The summed E-state index contributed by atoms with van der Waals surface area (Å²) in [4.78, 5) is 12.4. The highest BCUT2D eigenvalue weighted by Crippen LogP contribution is 2.25. The molecular weight excluding hydrogens is 346 g/mol. The molecule has 1 heterocycles. The molecule has 1 amide bonds. The van der Waals surface area contributed by atoms with E-state index in [-0.39, 0.29) is 11.2 Å². The molecule has 2 aromatic carbocycles. The van der Waals surface area contributed by atoms with Crippen molar-refractivity contribution in [3.8, 4) is 5.69 Å². The molecule has 0 fully saturated rings. The van der Waals surface area contributed by atoms with E-state index in [0.717, 1.165) is 22.4 Å². The summed E-state index contributed by atoms with van der Waals surface area (Å²) in [6, 6.07) is 16.0. The van der Waals surface area contributed by atoms with Gasteiger partial charge in [0.05, 0.1) is 10.9 Å². The molecule has 1 aromatic heterocycles. The van der Waals surface area contributed by atoms with E-state index in [9.17, 15) is 4.79 Å². The van der Waals surface area contributed by atoms with Crippen molar-refractivity contribution in [3.05, 3.63) is 65.2 Å². The van der Waals surface area contributed by atoms with Crippen LogP contribution in [0.2, 0.25) is 0 Å². The van der Waals surface area contributed by atoms with Crippen LogP contribution in [0.4, 0.5) is 0 Å². The van der Waals surface area contributed by atoms with Crippen LogP contribution in [-0.4, -0.2) is 31.4 Å². The van der Waals surface area contributed by atoms with Crippen LogP contribution in [0.25, 0.3) is 5.69 Å². The van der Waals surface area contributed by atoms with Gasteiger partial charge >= 0.3 is 0 Å². The Hall–Kier alpha value is -2.67. The highest BCUT2D eigenvalue weighted by molar-refractivity contribution is 8.00. The van der Waals surface area contributed by atoms with Crippen LogP contribution in [0.15, 0.2) is 53.7 Å². The average molecular weight is 367 g/mol. The maximum Gasteiger partial charge on any atom is 0.233 e. The van der Waals surface area contributed by atoms with Gasteiger partial charge in [-0.3, -0.25) is 4.79 Å². The normalized spacial score (nSPS) is 12.0. The Morgan fingerprint density at radius 3 is 2.73 bits per heavy atom. The standard InChI is InChI=1S/C19H21N5OS/c1-13-9-10-14(2)17(11-13)24-19(21-22-23-24)26-15(3)18(25)20-12-16-7-5-4-6-8-16/h4-11,15H,12H2,1-3H3,(H,20,25)/t15-/m0/s1. The first-order chi connectivity index (χ1) is 12.5. The summed E-state index contributed by atoms with van der Waals surface area (Å²) < 4.78 is 1.69. The summed E-state index contributed by atoms with van der Waals surface area (Å²) in [5, 5.41) is 15.2. The molecule has 6 nitrogen and oxygen atoms in total. The zero-order valence-corrected chi connectivity index (χ0v) is 15.8. The molecule has 0 saturated carbocycles. The number of hydrogen-bond acceptors (Lipinski definition) is 5. The van der Waals surface area contributed by atoms with Gasteiger partial charge in [0, 0.05) is 6.54 Å². The first kappa shape index (κ1) is 18.1. The van der Waals surface area contributed by atoms with Crippen molar-refractivity contribution in [3.63, 3.8) is 0 Å². The van der Waals surface area contributed by atoms with Gasteiger partial charge in [-0.25, -0.2) is 0 Å². The predicted octanol–water partition coefficient (Wildman–Crippen LogP) is 3.08. The molecule has 3 aromatic rings. The number of nitrogens with one attached hydrogen (secondary N) is 1. The third-order valence-electron chi connectivity index (χ3n) is 3.99. The highest BCUT2D eigenvalue weighted by Gasteiger charge is 2.19. The van der Waals surface area contributed by atoms with Gasteiger partial charge in [-0.15, -0.1) is 5.10 Å². The molecule has 0 saturated heterocycles. The molecule has 26 heavy (non-hydrogen) atoms. The molecule has 0 aliphatic rings. The summed E-state index contributed by atoms with van der Waals surface area (Å²) >= 11 is 1.34. The van der Waals surface area contributed by atoms with Gasteiger partial charge in [0.2, 0.25) is 11.1 Å². The minimum absolute atomic E-state index is 0.0469.